The number of rotatable bonds is 2. The van der Waals surface area contributed by atoms with Crippen molar-refractivity contribution in [2.24, 2.45) is 7.05 Å². The third-order valence-corrected chi connectivity index (χ3v) is 2.38. The van der Waals surface area contributed by atoms with E-state index >= 15 is 0 Å². The van der Waals surface area contributed by atoms with Gasteiger partial charge in [0.15, 0.2) is 0 Å². The fraction of sp³-hybridized carbons (Fsp3) is 0.0833. The van der Waals surface area contributed by atoms with E-state index in [2.05, 4.69) is 0 Å². The third kappa shape index (κ3) is 1.65. The Kier molecular flexibility index (Phi) is 2.40. The van der Waals surface area contributed by atoms with Crippen molar-refractivity contribution in [1.82, 2.24) is 4.57 Å². The van der Waals surface area contributed by atoms with Crippen LogP contribution in [0.15, 0.2) is 36.7 Å². The van der Waals surface area contributed by atoms with Crippen LogP contribution in [0.1, 0.15) is 10.4 Å². The number of aromatic hydroxyl groups is 1. The number of phenols is 1. The number of hydrogen-bond donors (Lipinski definition) is 2. The predicted molar refractivity (Wildman–Crippen MR) is 59.5 cm³/mol. The maximum atomic E-state index is 11.0. The van der Waals surface area contributed by atoms with Crippen molar-refractivity contribution < 1.29 is 15.0 Å². The molecular formula is C12H11NO3. The van der Waals surface area contributed by atoms with Gasteiger partial charge in [-0.25, -0.2) is 4.79 Å². The highest BCUT2D eigenvalue weighted by Crippen LogP contribution is 2.31. The Bertz CT molecular complexity index is 543. The Morgan fingerprint density at radius 3 is 2.50 bits per heavy atom. The van der Waals surface area contributed by atoms with Crippen molar-refractivity contribution >= 4 is 5.97 Å². The second-order valence-corrected chi connectivity index (χ2v) is 3.57. The Labute approximate surface area is 92.4 Å². The lowest BCUT2D eigenvalue weighted by Crippen LogP contribution is -1.96. The number of aromatic nitrogens is 1. The van der Waals surface area contributed by atoms with Gasteiger partial charge in [0, 0.05) is 30.6 Å². The minimum Gasteiger partial charge on any atom is -0.507 e. The van der Waals surface area contributed by atoms with Gasteiger partial charge in [0.25, 0.3) is 0 Å². The van der Waals surface area contributed by atoms with Crippen LogP contribution in [0.4, 0.5) is 0 Å². The first-order valence-corrected chi connectivity index (χ1v) is 4.77. The lowest BCUT2D eigenvalue weighted by atomic mass is 10.0. The summed E-state index contributed by atoms with van der Waals surface area (Å²) in [6.45, 7) is 0. The highest BCUT2D eigenvalue weighted by Gasteiger charge is 2.15. The zero-order valence-electron chi connectivity index (χ0n) is 8.71. The molecule has 1 heterocycles. The molecule has 0 aliphatic rings. The topological polar surface area (TPSA) is 62.5 Å². The molecule has 0 unspecified atom stereocenters. The third-order valence-electron chi connectivity index (χ3n) is 2.38. The molecule has 2 aromatic rings. The van der Waals surface area contributed by atoms with E-state index in [-0.39, 0.29) is 11.3 Å². The lowest BCUT2D eigenvalue weighted by molar-refractivity contribution is 0.0697. The van der Waals surface area contributed by atoms with Crippen molar-refractivity contribution in [3.05, 3.63) is 42.2 Å². The molecule has 0 radical (unpaired) electrons. The molecule has 1 aromatic heterocycles. The van der Waals surface area contributed by atoms with Gasteiger partial charge in [0.2, 0.25) is 0 Å². The SMILES string of the molecule is Cn1cc(C(=O)O)c(-c2ccccc2O)c1. The van der Waals surface area contributed by atoms with Gasteiger partial charge in [-0.1, -0.05) is 18.2 Å². The minimum absolute atomic E-state index is 0.0798. The zero-order chi connectivity index (χ0) is 11.7. The van der Waals surface area contributed by atoms with Crippen LogP contribution < -0.4 is 0 Å². The van der Waals surface area contributed by atoms with Gasteiger partial charge in [-0.05, 0) is 6.07 Å². The number of aromatic carboxylic acids is 1. The van der Waals surface area contributed by atoms with Crippen LogP contribution in [0.5, 0.6) is 5.75 Å². The quantitative estimate of drug-likeness (QED) is 0.809. The number of nitrogens with zero attached hydrogens (tertiary/aromatic N) is 1. The van der Waals surface area contributed by atoms with Crippen LogP contribution in [-0.4, -0.2) is 20.7 Å². The lowest BCUT2D eigenvalue weighted by Gasteiger charge is -2.02. The van der Waals surface area contributed by atoms with Crippen molar-refractivity contribution in [2.45, 2.75) is 0 Å². The van der Waals surface area contributed by atoms with E-state index in [9.17, 15) is 9.90 Å². The summed E-state index contributed by atoms with van der Waals surface area (Å²) in [4.78, 5) is 11.0. The van der Waals surface area contributed by atoms with Crippen LogP contribution in [0.3, 0.4) is 0 Å². The zero-order valence-corrected chi connectivity index (χ0v) is 8.71. The van der Waals surface area contributed by atoms with E-state index in [1.165, 1.54) is 12.3 Å². The summed E-state index contributed by atoms with van der Waals surface area (Å²) in [5.74, 6) is -0.921. The van der Waals surface area contributed by atoms with Gasteiger partial charge < -0.3 is 14.8 Å². The number of hydrogen-bond acceptors (Lipinski definition) is 2. The monoisotopic (exact) mass is 217 g/mol. The second kappa shape index (κ2) is 3.73. The Balaban J connectivity index is 2.64. The summed E-state index contributed by atoms with van der Waals surface area (Å²) in [6.07, 6.45) is 3.20. The molecule has 0 fully saturated rings. The summed E-state index contributed by atoms with van der Waals surface area (Å²) in [6, 6.07) is 6.68. The maximum Gasteiger partial charge on any atom is 0.337 e. The molecule has 16 heavy (non-hydrogen) atoms. The first-order chi connectivity index (χ1) is 7.59. The van der Waals surface area contributed by atoms with E-state index < -0.39 is 5.97 Å². The molecule has 4 nitrogen and oxygen atoms in total. The van der Waals surface area contributed by atoms with Crippen LogP contribution in [0, 0.1) is 0 Å². The molecular weight excluding hydrogens is 206 g/mol. The average molecular weight is 217 g/mol. The molecule has 0 aliphatic heterocycles. The van der Waals surface area contributed by atoms with Crippen molar-refractivity contribution in [1.29, 1.82) is 0 Å². The number of para-hydroxylation sites is 1. The minimum atomic E-state index is -1.00. The average Bonchev–Trinajstić information content (AvgIpc) is 2.61. The van der Waals surface area contributed by atoms with E-state index in [0.717, 1.165) is 0 Å². The Hall–Kier alpha value is -2.23. The van der Waals surface area contributed by atoms with E-state index in [0.29, 0.717) is 11.1 Å². The molecule has 1 aromatic carbocycles. The molecule has 0 amide bonds. The molecule has 2 rings (SSSR count). The molecule has 82 valence electrons. The highest BCUT2D eigenvalue weighted by molar-refractivity contribution is 5.96. The van der Waals surface area contributed by atoms with Crippen molar-refractivity contribution in [3.8, 4) is 16.9 Å². The summed E-state index contributed by atoms with van der Waals surface area (Å²) >= 11 is 0. The maximum absolute atomic E-state index is 11.0. The molecule has 0 saturated heterocycles. The van der Waals surface area contributed by atoms with Gasteiger partial charge >= 0.3 is 5.97 Å². The molecule has 0 spiro atoms. The normalized spacial score (nSPS) is 10.3. The van der Waals surface area contributed by atoms with Gasteiger partial charge in [-0.15, -0.1) is 0 Å². The Morgan fingerprint density at radius 1 is 1.19 bits per heavy atom. The summed E-state index contributed by atoms with van der Waals surface area (Å²) in [5.41, 5.74) is 1.23. The fourth-order valence-electron chi connectivity index (χ4n) is 1.67. The number of benzene rings is 1. The molecule has 0 bridgehead atoms. The van der Waals surface area contributed by atoms with Crippen LogP contribution in [-0.2, 0) is 7.05 Å². The largest absolute Gasteiger partial charge is 0.507 e. The summed E-state index contributed by atoms with van der Waals surface area (Å²) < 4.78 is 1.66. The molecule has 0 atom stereocenters. The number of carbonyl (C=O) groups is 1. The second-order valence-electron chi connectivity index (χ2n) is 3.57. The molecule has 4 heteroatoms. The van der Waals surface area contributed by atoms with E-state index in [1.807, 2.05) is 0 Å². The van der Waals surface area contributed by atoms with Gasteiger partial charge in [0.1, 0.15) is 5.75 Å². The summed E-state index contributed by atoms with van der Waals surface area (Å²) in [5, 5.41) is 18.7. The van der Waals surface area contributed by atoms with Gasteiger partial charge in [-0.2, -0.15) is 0 Å². The number of carboxylic acid groups (broad SMARTS) is 1. The number of aryl methyl sites for hydroxylation is 1. The first kappa shape index (κ1) is 10.3. The van der Waals surface area contributed by atoms with Crippen LogP contribution in [0.2, 0.25) is 0 Å². The summed E-state index contributed by atoms with van der Waals surface area (Å²) in [7, 11) is 1.75. The van der Waals surface area contributed by atoms with Crippen molar-refractivity contribution in [2.75, 3.05) is 0 Å². The predicted octanol–water partition coefficient (Wildman–Crippen LogP) is 2.10. The van der Waals surface area contributed by atoms with Gasteiger partial charge in [0.05, 0.1) is 5.56 Å². The highest BCUT2D eigenvalue weighted by atomic mass is 16.4. The standard InChI is InChI=1S/C12H11NO3/c1-13-6-9(10(7-13)12(15)16)8-4-2-3-5-11(8)14/h2-7,14H,1H3,(H,15,16). The molecule has 0 aliphatic carbocycles. The van der Waals surface area contributed by atoms with E-state index in [1.54, 1.807) is 36.0 Å². The molecule has 0 saturated carbocycles. The van der Waals surface area contributed by atoms with Crippen LogP contribution in [0.25, 0.3) is 11.1 Å². The smallest absolute Gasteiger partial charge is 0.337 e. The first-order valence-electron chi connectivity index (χ1n) is 4.77. The molecule has 2 N–H and O–H groups in total. The van der Waals surface area contributed by atoms with Crippen LogP contribution >= 0.6 is 0 Å². The number of phenolic OH excluding ortho intramolecular Hbond substituents is 1. The van der Waals surface area contributed by atoms with Crippen molar-refractivity contribution in [3.63, 3.8) is 0 Å². The number of carboxylic acids is 1. The van der Waals surface area contributed by atoms with Gasteiger partial charge in [-0.3, -0.25) is 0 Å². The van der Waals surface area contributed by atoms with E-state index in [4.69, 9.17) is 5.11 Å². The fourth-order valence-corrected chi connectivity index (χ4v) is 1.67. The Morgan fingerprint density at radius 2 is 1.88 bits per heavy atom.